The molecule has 2 aromatic heterocycles. The lowest BCUT2D eigenvalue weighted by molar-refractivity contribution is 1.08. The fourth-order valence-electron chi connectivity index (χ4n) is 0.927. The van der Waals surface area contributed by atoms with Crippen LogP contribution in [-0.2, 0) is 0 Å². The fraction of sp³-hybridized carbons (Fsp3) is 0. The van der Waals surface area contributed by atoms with Gasteiger partial charge >= 0.3 is 0 Å². The maximum absolute atomic E-state index is 5.53. The van der Waals surface area contributed by atoms with Gasteiger partial charge in [0.05, 0.1) is 11.9 Å². The van der Waals surface area contributed by atoms with E-state index in [1.165, 1.54) is 6.20 Å². The SMILES string of the molecule is Nc1cnc(-c2ncccn2)nc1N. The summed E-state index contributed by atoms with van der Waals surface area (Å²) < 4.78 is 0. The summed E-state index contributed by atoms with van der Waals surface area (Å²) in [4.78, 5) is 15.9. The largest absolute Gasteiger partial charge is 0.394 e. The van der Waals surface area contributed by atoms with Gasteiger partial charge in [0.1, 0.15) is 0 Å². The van der Waals surface area contributed by atoms with Crippen LogP contribution in [0.2, 0.25) is 0 Å². The minimum absolute atomic E-state index is 0.238. The first-order valence-electron chi connectivity index (χ1n) is 3.93. The molecule has 0 saturated carbocycles. The van der Waals surface area contributed by atoms with Crippen LogP contribution in [0.5, 0.6) is 0 Å². The van der Waals surface area contributed by atoms with Gasteiger partial charge in [-0.2, -0.15) is 0 Å². The first-order chi connectivity index (χ1) is 6.77. The molecule has 6 nitrogen and oxygen atoms in total. The van der Waals surface area contributed by atoms with Crippen LogP contribution in [0.15, 0.2) is 24.7 Å². The van der Waals surface area contributed by atoms with Crippen LogP contribution in [0.25, 0.3) is 11.6 Å². The maximum Gasteiger partial charge on any atom is 0.199 e. The summed E-state index contributed by atoms with van der Waals surface area (Å²) in [6.45, 7) is 0. The lowest BCUT2D eigenvalue weighted by Gasteiger charge is -2.00. The number of nitrogens with two attached hydrogens (primary N) is 2. The van der Waals surface area contributed by atoms with E-state index >= 15 is 0 Å². The Labute approximate surface area is 80.0 Å². The van der Waals surface area contributed by atoms with E-state index in [4.69, 9.17) is 11.5 Å². The van der Waals surface area contributed by atoms with Crippen molar-refractivity contribution in [2.45, 2.75) is 0 Å². The summed E-state index contributed by atoms with van der Waals surface area (Å²) in [6.07, 6.45) is 4.66. The maximum atomic E-state index is 5.53. The Morgan fingerprint density at radius 1 is 0.929 bits per heavy atom. The number of aromatic nitrogens is 4. The number of nitrogen functional groups attached to an aromatic ring is 2. The monoisotopic (exact) mass is 188 g/mol. The zero-order valence-corrected chi connectivity index (χ0v) is 7.25. The Bertz CT molecular complexity index is 441. The molecule has 0 fully saturated rings. The molecule has 14 heavy (non-hydrogen) atoms. The van der Waals surface area contributed by atoms with Crippen molar-refractivity contribution >= 4 is 11.5 Å². The standard InChI is InChI=1S/C8H8N6/c9-5-4-13-8(14-6(5)10)7-11-2-1-3-12-7/h1-4H,9H2,(H2,10,13,14). The van der Waals surface area contributed by atoms with Crippen LogP contribution >= 0.6 is 0 Å². The molecule has 4 N–H and O–H groups in total. The predicted molar refractivity (Wildman–Crippen MR) is 51.9 cm³/mol. The van der Waals surface area contributed by atoms with Crippen LogP contribution in [0.1, 0.15) is 0 Å². The van der Waals surface area contributed by atoms with Crippen molar-refractivity contribution in [1.29, 1.82) is 0 Å². The minimum atomic E-state index is 0.238. The number of anilines is 2. The summed E-state index contributed by atoms with van der Waals surface area (Å²) >= 11 is 0. The Kier molecular flexibility index (Phi) is 1.94. The second-order valence-electron chi connectivity index (χ2n) is 2.61. The highest BCUT2D eigenvalue weighted by Gasteiger charge is 2.05. The van der Waals surface area contributed by atoms with Crippen molar-refractivity contribution in [1.82, 2.24) is 19.9 Å². The van der Waals surface area contributed by atoms with Gasteiger partial charge in [-0.1, -0.05) is 0 Å². The average Bonchev–Trinajstić information content (AvgIpc) is 2.23. The number of nitrogens with zero attached hydrogens (tertiary/aromatic N) is 4. The minimum Gasteiger partial charge on any atom is -0.394 e. The van der Waals surface area contributed by atoms with Crippen molar-refractivity contribution in [3.8, 4) is 11.6 Å². The van der Waals surface area contributed by atoms with Gasteiger partial charge in [-0.3, -0.25) is 0 Å². The fourth-order valence-corrected chi connectivity index (χ4v) is 0.927. The van der Waals surface area contributed by atoms with Crippen molar-refractivity contribution in [3.63, 3.8) is 0 Å². The van der Waals surface area contributed by atoms with Crippen molar-refractivity contribution in [2.24, 2.45) is 0 Å². The second-order valence-corrected chi connectivity index (χ2v) is 2.61. The Morgan fingerprint density at radius 2 is 1.64 bits per heavy atom. The molecular formula is C8H8N6. The highest BCUT2D eigenvalue weighted by atomic mass is 15.0. The van der Waals surface area contributed by atoms with Gasteiger partial charge in [0, 0.05) is 12.4 Å². The molecule has 6 heteroatoms. The smallest absolute Gasteiger partial charge is 0.199 e. The molecule has 0 aliphatic heterocycles. The summed E-state index contributed by atoms with van der Waals surface area (Å²) in [6, 6.07) is 1.71. The van der Waals surface area contributed by atoms with Gasteiger partial charge in [0.25, 0.3) is 0 Å². The molecule has 70 valence electrons. The van der Waals surface area contributed by atoms with Gasteiger partial charge < -0.3 is 11.5 Å². The summed E-state index contributed by atoms with van der Waals surface area (Å²) in [5, 5.41) is 0. The van der Waals surface area contributed by atoms with Gasteiger partial charge in [0.2, 0.25) is 0 Å². The van der Waals surface area contributed by atoms with E-state index in [9.17, 15) is 0 Å². The van der Waals surface area contributed by atoms with Gasteiger partial charge in [-0.25, -0.2) is 19.9 Å². The van der Waals surface area contributed by atoms with E-state index in [0.717, 1.165) is 0 Å². The predicted octanol–water partition coefficient (Wildman–Crippen LogP) is 0.0980. The summed E-state index contributed by atoms with van der Waals surface area (Å²) in [5.74, 6) is 1.04. The lowest BCUT2D eigenvalue weighted by atomic mass is 10.4. The molecule has 2 heterocycles. The summed E-state index contributed by atoms with van der Waals surface area (Å²) in [5.41, 5.74) is 11.4. The van der Waals surface area contributed by atoms with Crippen LogP contribution in [0, 0.1) is 0 Å². The molecule has 0 aromatic carbocycles. The average molecular weight is 188 g/mol. The molecule has 2 rings (SSSR count). The second kappa shape index (κ2) is 3.25. The molecule has 0 bridgehead atoms. The third-order valence-electron chi connectivity index (χ3n) is 1.61. The van der Waals surface area contributed by atoms with E-state index in [-0.39, 0.29) is 5.82 Å². The van der Waals surface area contributed by atoms with E-state index in [2.05, 4.69) is 19.9 Å². The molecular weight excluding hydrogens is 180 g/mol. The van der Waals surface area contributed by atoms with E-state index < -0.39 is 0 Å². The Hall–Kier alpha value is -2.24. The first-order valence-corrected chi connectivity index (χ1v) is 3.93. The van der Waals surface area contributed by atoms with Crippen molar-refractivity contribution in [2.75, 3.05) is 11.5 Å². The first kappa shape index (κ1) is 8.36. The van der Waals surface area contributed by atoms with Gasteiger partial charge in [0.15, 0.2) is 17.5 Å². The van der Waals surface area contributed by atoms with E-state index in [0.29, 0.717) is 17.3 Å². The van der Waals surface area contributed by atoms with Gasteiger partial charge in [-0.15, -0.1) is 0 Å². The molecule has 0 aliphatic carbocycles. The third kappa shape index (κ3) is 1.45. The zero-order valence-electron chi connectivity index (χ0n) is 7.25. The molecule has 2 aromatic rings. The summed E-state index contributed by atoms with van der Waals surface area (Å²) in [7, 11) is 0. The van der Waals surface area contributed by atoms with Crippen molar-refractivity contribution in [3.05, 3.63) is 24.7 Å². The number of hydrogen-bond acceptors (Lipinski definition) is 6. The lowest BCUT2D eigenvalue weighted by Crippen LogP contribution is -2.02. The van der Waals surface area contributed by atoms with E-state index in [1.807, 2.05) is 0 Å². The Balaban J connectivity index is 2.48. The Morgan fingerprint density at radius 3 is 2.29 bits per heavy atom. The van der Waals surface area contributed by atoms with Gasteiger partial charge in [-0.05, 0) is 6.07 Å². The molecule has 0 radical (unpaired) electrons. The normalized spacial score (nSPS) is 10.0. The van der Waals surface area contributed by atoms with Crippen molar-refractivity contribution < 1.29 is 0 Å². The van der Waals surface area contributed by atoms with Crippen LogP contribution in [0.4, 0.5) is 11.5 Å². The molecule has 0 saturated heterocycles. The molecule has 0 unspecified atom stereocenters. The van der Waals surface area contributed by atoms with Crippen LogP contribution in [-0.4, -0.2) is 19.9 Å². The number of hydrogen-bond donors (Lipinski definition) is 2. The molecule has 0 aliphatic rings. The molecule has 0 atom stereocenters. The highest BCUT2D eigenvalue weighted by Crippen LogP contribution is 2.13. The van der Waals surface area contributed by atoms with Crippen LogP contribution in [0.3, 0.4) is 0 Å². The quantitative estimate of drug-likeness (QED) is 0.657. The molecule has 0 spiro atoms. The van der Waals surface area contributed by atoms with Crippen LogP contribution < -0.4 is 11.5 Å². The topological polar surface area (TPSA) is 104 Å². The zero-order chi connectivity index (χ0) is 9.97. The third-order valence-corrected chi connectivity index (χ3v) is 1.61. The molecule has 0 amide bonds. The highest BCUT2D eigenvalue weighted by molar-refractivity contribution is 5.59. The van der Waals surface area contributed by atoms with E-state index in [1.54, 1.807) is 18.5 Å². The number of rotatable bonds is 1.